The molecule has 0 radical (unpaired) electrons. The molecule has 1 fully saturated rings. The van der Waals surface area contributed by atoms with E-state index in [9.17, 15) is 0 Å². The largest absolute Gasteiger partial charge is 0.311 e. The lowest BCUT2D eigenvalue weighted by Gasteiger charge is -2.22. The Morgan fingerprint density at radius 2 is 2.00 bits per heavy atom. The first-order chi connectivity index (χ1) is 9.67. The van der Waals surface area contributed by atoms with E-state index in [1.165, 1.54) is 44.5 Å². The molecule has 20 heavy (non-hydrogen) atoms. The van der Waals surface area contributed by atoms with Crippen molar-refractivity contribution in [2.24, 2.45) is 0 Å². The van der Waals surface area contributed by atoms with Crippen LogP contribution in [0.3, 0.4) is 0 Å². The monoisotopic (exact) mass is 338 g/mol. The van der Waals surface area contributed by atoms with Gasteiger partial charge in [0.1, 0.15) is 0 Å². The van der Waals surface area contributed by atoms with Crippen LogP contribution >= 0.6 is 15.9 Å². The van der Waals surface area contributed by atoms with Crippen LogP contribution in [0.2, 0.25) is 0 Å². The zero-order valence-electron chi connectivity index (χ0n) is 12.7. The fourth-order valence-corrected chi connectivity index (χ4v) is 3.34. The first kappa shape index (κ1) is 16.0. The molecule has 2 rings (SSSR count). The minimum absolute atomic E-state index is 0.550. The second kappa shape index (κ2) is 8.16. The maximum Gasteiger partial charge on any atom is 0.0175 e. The van der Waals surface area contributed by atoms with Crippen molar-refractivity contribution in [1.29, 1.82) is 0 Å². The van der Waals surface area contributed by atoms with Crippen LogP contribution in [0.1, 0.15) is 38.7 Å². The van der Waals surface area contributed by atoms with E-state index in [0.717, 1.165) is 10.9 Å². The molecule has 112 valence electrons. The van der Waals surface area contributed by atoms with Gasteiger partial charge in [0.05, 0.1) is 0 Å². The van der Waals surface area contributed by atoms with Gasteiger partial charge in [-0.2, -0.15) is 0 Å². The quantitative estimate of drug-likeness (QED) is 0.877. The van der Waals surface area contributed by atoms with E-state index in [4.69, 9.17) is 0 Å². The first-order valence-corrected chi connectivity index (χ1v) is 8.69. The van der Waals surface area contributed by atoms with Crippen molar-refractivity contribution in [2.45, 2.75) is 51.6 Å². The van der Waals surface area contributed by atoms with Gasteiger partial charge in [-0.3, -0.25) is 0 Å². The van der Waals surface area contributed by atoms with Crippen molar-refractivity contribution >= 4 is 15.9 Å². The maximum absolute atomic E-state index is 3.83. The molecule has 0 aromatic heterocycles. The molecule has 1 saturated heterocycles. The average Bonchev–Trinajstić information content (AvgIpc) is 2.66. The SMILES string of the molecule is CCN1CCCC(NC(C)Cc2ccc(Br)cc2)CC1. The average molecular weight is 339 g/mol. The Bertz CT molecular complexity index is 390. The van der Waals surface area contributed by atoms with Crippen LogP contribution in [0.15, 0.2) is 28.7 Å². The zero-order chi connectivity index (χ0) is 14.4. The lowest BCUT2D eigenvalue weighted by Crippen LogP contribution is -2.38. The summed E-state index contributed by atoms with van der Waals surface area (Å²) >= 11 is 3.49. The molecule has 1 aromatic rings. The summed E-state index contributed by atoms with van der Waals surface area (Å²) in [5.74, 6) is 0. The van der Waals surface area contributed by atoms with Crippen LogP contribution in [-0.2, 0) is 6.42 Å². The fourth-order valence-electron chi connectivity index (χ4n) is 3.07. The topological polar surface area (TPSA) is 15.3 Å². The van der Waals surface area contributed by atoms with Gasteiger partial charge in [0, 0.05) is 16.6 Å². The second-order valence-corrected chi connectivity index (χ2v) is 6.88. The highest BCUT2D eigenvalue weighted by atomic mass is 79.9. The minimum Gasteiger partial charge on any atom is -0.311 e. The zero-order valence-corrected chi connectivity index (χ0v) is 14.3. The summed E-state index contributed by atoms with van der Waals surface area (Å²) in [5.41, 5.74) is 1.41. The summed E-state index contributed by atoms with van der Waals surface area (Å²) in [6.07, 6.45) is 5.05. The van der Waals surface area contributed by atoms with Crippen molar-refractivity contribution in [1.82, 2.24) is 10.2 Å². The van der Waals surface area contributed by atoms with Gasteiger partial charge in [0.15, 0.2) is 0 Å². The molecule has 1 aliphatic heterocycles. The number of nitrogens with one attached hydrogen (secondary N) is 1. The summed E-state index contributed by atoms with van der Waals surface area (Å²) < 4.78 is 1.16. The molecular weight excluding hydrogens is 312 g/mol. The number of hydrogen-bond donors (Lipinski definition) is 1. The van der Waals surface area contributed by atoms with E-state index in [-0.39, 0.29) is 0 Å². The normalized spacial score (nSPS) is 22.4. The number of halogens is 1. The molecule has 2 unspecified atom stereocenters. The molecule has 2 nitrogen and oxygen atoms in total. The number of likely N-dealkylation sites (tertiary alicyclic amines) is 1. The van der Waals surface area contributed by atoms with E-state index in [1.54, 1.807) is 0 Å². The lowest BCUT2D eigenvalue weighted by atomic mass is 10.0. The van der Waals surface area contributed by atoms with Crippen LogP contribution in [0.5, 0.6) is 0 Å². The van der Waals surface area contributed by atoms with Gasteiger partial charge in [-0.25, -0.2) is 0 Å². The fraction of sp³-hybridized carbons (Fsp3) is 0.647. The predicted molar refractivity (Wildman–Crippen MR) is 90.2 cm³/mol. The van der Waals surface area contributed by atoms with Gasteiger partial charge in [0.2, 0.25) is 0 Å². The number of hydrogen-bond acceptors (Lipinski definition) is 2. The first-order valence-electron chi connectivity index (χ1n) is 7.90. The van der Waals surface area contributed by atoms with Crippen molar-refractivity contribution in [3.05, 3.63) is 34.3 Å². The van der Waals surface area contributed by atoms with E-state index in [0.29, 0.717) is 12.1 Å². The van der Waals surface area contributed by atoms with Crippen LogP contribution in [0, 0.1) is 0 Å². The Morgan fingerprint density at radius 1 is 1.25 bits per heavy atom. The predicted octanol–water partition coefficient (Wildman–Crippen LogP) is 3.84. The van der Waals surface area contributed by atoms with Crippen LogP contribution in [0.4, 0.5) is 0 Å². The van der Waals surface area contributed by atoms with Crippen LogP contribution in [-0.4, -0.2) is 36.6 Å². The molecule has 1 aliphatic rings. The third kappa shape index (κ3) is 5.19. The van der Waals surface area contributed by atoms with E-state index in [2.05, 4.69) is 64.3 Å². The van der Waals surface area contributed by atoms with Crippen molar-refractivity contribution < 1.29 is 0 Å². The van der Waals surface area contributed by atoms with Gasteiger partial charge >= 0.3 is 0 Å². The molecule has 1 N–H and O–H groups in total. The van der Waals surface area contributed by atoms with E-state index < -0.39 is 0 Å². The van der Waals surface area contributed by atoms with Gasteiger partial charge in [-0.15, -0.1) is 0 Å². The summed E-state index contributed by atoms with van der Waals surface area (Å²) in [6, 6.07) is 9.94. The maximum atomic E-state index is 3.83. The Hall–Kier alpha value is -0.380. The van der Waals surface area contributed by atoms with Crippen molar-refractivity contribution in [3.8, 4) is 0 Å². The smallest absolute Gasteiger partial charge is 0.0175 e. The van der Waals surface area contributed by atoms with Gasteiger partial charge in [-0.05, 0) is 69.9 Å². The number of rotatable bonds is 5. The highest BCUT2D eigenvalue weighted by Gasteiger charge is 2.17. The summed E-state index contributed by atoms with van der Waals surface area (Å²) in [4.78, 5) is 2.57. The van der Waals surface area contributed by atoms with E-state index in [1.807, 2.05) is 0 Å². The Morgan fingerprint density at radius 3 is 2.70 bits per heavy atom. The van der Waals surface area contributed by atoms with Crippen molar-refractivity contribution in [3.63, 3.8) is 0 Å². The number of benzene rings is 1. The second-order valence-electron chi connectivity index (χ2n) is 5.96. The summed E-state index contributed by atoms with van der Waals surface area (Å²) in [6.45, 7) is 8.30. The van der Waals surface area contributed by atoms with Gasteiger partial charge in [-0.1, -0.05) is 35.0 Å². The van der Waals surface area contributed by atoms with Crippen LogP contribution < -0.4 is 5.32 Å². The molecule has 0 saturated carbocycles. The highest BCUT2D eigenvalue weighted by molar-refractivity contribution is 9.10. The molecular formula is C17H27BrN2. The highest BCUT2D eigenvalue weighted by Crippen LogP contribution is 2.14. The van der Waals surface area contributed by atoms with Crippen molar-refractivity contribution in [2.75, 3.05) is 19.6 Å². The molecule has 0 spiro atoms. The molecule has 0 amide bonds. The third-order valence-corrected chi connectivity index (χ3v) is 4.77. The summed E-state index contributed by atoms with van der Waals surface area (Å²) in [7, 11) is 0. The molecule has 2 atom stereocenters. The number of nitrogens with zero attached hydrogens (tertiary/aromatic N) is 1. The third-order valence-electron chi connectivity index (χ3n) is 4.24. The minimum atomic E-state index is 0.550. The Kier molecular flexibility index (Phi) is 6.53. The summed E-state index contributed by atoms with van der Waals surface area (Å²) in [5, 5.41) is 3.83. The molecule has 0 aliphatic carbocycles. The Labute approximate surface area is 132 Å². The van der Waals surface area contributed by atoms with E-state index >= 15 is 0 Å². The lowest BCUT2D eigenvalue weighted by molar-refractivity contribution is 0.295. The van der Waals surface area contributed by atoms with Gasteiger partial charge < -0.3 is 10.2 Å². The van der Waals surface area contributed by atoms with Gasteiger partial charge in [0.25, 0.3) is 0 Å². The van der Waals surface area contributed by atoms with Crippen LogP contribution in [0.25, 0.3) is 0 Å². The molecule has 3 heteroatoms. The Balaban J connectivity index is 1.79. The standard InChI is InChI=1S/C17H27BrN2/c1-3-20-11-4-5-17(10-12-20)19-14(2)13-15-6-8-16(18)9-7-15/h6-9,14,17,19H,3-5,10-13H2,1-2H3. The molecule has 1 aromatic carbocycles. The molecule has 0 bridgehead atoms. The molecule has 1 heterocycles.